The lowest BCUT2D eigenvalue weighted by Crippen LogP contribution is -2.06. The Kier molecular flexibility index (Phi) is 5.58. The van der Waals surface area contributed by atoms with E-state index >= 15 is 0 Å². The SMILES string of the molecule is CC(C)=CCc1cc(CC(=O)Cc2ccc(O)cc2)ccc1O. The molecule has 0 spiro atoms. The highest BCUT2D eigenvalue weighted by atomic mass is 16.3. The van der Waals surface area contributed by atoms with Gasteiger partial charge in [0.15, 0.2) is 0 Å². The minimum Gasteiger partial charge on any atom is -0.508 e. The quantitative estimate of drug-likeness (QED) is 0.794. The van der Waals surface area contributed by atoms with Crippen molar-refractivity contribution in [3.8, 4) is 11.5 Å². The van der Waals surface area contributed by atoms with Gasteiger partial charge in [-0.15, -0.1) is 0 Å². The van der Waals surface area contributed by atoms with E-state index in [0.717, 1.165) is 16.7 Å². The smallest absolute Gasteiger partial charge is 0.141 e. The highest BCUT2D eigenvalue weighted by molar-refractivity contribution is 5.83. The summed E-state index contributed by atoms with van der Waals surface area (Å²) in [5.41, 5.74) is 3.82. The number of phenolic OH excluding ortho intramolecular Hbond substituents is 2. The molecule has 2 aromatic rings. The van der Waals surface area contributed by atoms with E-state index < -0.39 is 0 Å². The molecule has 0 heterocycles. The summed E-state index contributed by atoms with van der Waals surface area (Å²) in [5.74, 6) is 0.565. The number of phenols is 2. The van der Waals surface area contributed by atoms with Gasteiger partial charge in [0, 0.05) is 12.8 Å². The van der Waals surface area contributed by atoms with Crippen molar-refractivity contribution >= 4 is 5.78 Å². The Labute approximate surface area is 136 Å². The Morgan fingerprint density at radius 3 is 2.22 bits per heavy atom. The van der Waals surface area contributed by atoms with Crippen LogP contribution in [0, 0.1) is 0 Å². The summed E-state index contributed by atoms with van der Waals surface area (Å²) in [4.78, 5) is 12.2. The maximum absolute atomic E-state index is 12.2. The van der Waals surface area contributed by atoms with E-state index in [2.05, 4.69) is 6.08 Å². The molecular weight excluding hydrogens is 288 g/mol. The zero-order chi connectivity index (χ0) is 16.8. The van der Waals surface area contributed by atoms with Gasteiger partial charge in [-0.2, -0.15) is 0 Å². The second-order valence-corrected chi connectivity index (χ2v) is 6.01. The molecule has 0 bridgehead atoms. The lowest BCUT2D eigenvalue weighted by Gasteiger charge is -2.07. The predicted molar refractivity (Wildman–Crippen MR) is 91.8 cm³/mol. The van der Waals surface area contributed by atoms with E-state index in [1.165, 1.54) is 5.57 Å². The first-order valence-electron chi connectivity index (χ1n) is 7.68. The lowest BCUT2D eigenvalue weighted by atomic mass is 9.99. The van der Waals surface area contributed by atoms with Crippen molar-refractivity contribution in [2.24, 2.45) is 0 Å². The number of benzene rings is 2. The van der Waals surface area contributed by atoms with Gasteiger partial charge in [0.05, 0.1) is 0 Å². The second kappa shape index (κ2) is 7.63. The third-order valence-corrected chi connectivity index (χ3v) is 3.61. The fourth-order valence-electron chi connectivity index (χ4n) is 2.36. The first-order valence-corrected chi connectivity index (χ1v) is 7.68. The Morgan fingerprint density at radius 1 is 0.957 bits per heavy atom. The van der Waals surface area contributed by atoms with Gasteiger partial charge < -0.3 is 10.2 Å². The lowest BCUT2D eigenvalue weighted by molar-refractivity contribution is -0.117. The Morgan fingerprint density at radius 2 is 1.57 bits per heavy atom. The molecule has 0 amide bonds. The predicted octanol–water partition coefficient (Wildman–Crippen LogP) is 3.96. The van der Waals surface area contributed by atoms with Gasteiger partial charge in [-0.05, 0) is 55.2 Å². The third-order valence-electron chi connectivity index (χ3n) is 3.61. The van der Waals surface area contributed by atoms with E-state index in [-0.39, 0.29) is 17.3 Å². The fraction of sp³-hybridized carbons (Fsp3) is 0.250. The number of allylic oxidation sites excluding steroid dienone is 2. The first kappa shape index (κ1) is 16.8. The Hall–Kier alpha value is -2.55. The molecule has 0 aliphatic rings. The van der Waals surface area contributed by atoms with Crippen LogP contribution in [0.5, 0.6) is 11.5 Å². The molecule has 0 aliphatic heterocycles. The summed E-state index contributed by atoms with van der Waals surface area (Å²) in [6.07, 6.45) is 3.39. The van der Waals surface area contributed by atoms with E-state index in [0.29, 0.717) is 19.3 Å². The molecule has 2 aromatic carbocycles. The van der Waals surface area contributed by atoms with Crippen LogP contribution in [-0.2, 0) is 24.1 Å². The van der Waals surface area contributed by atoms with E-state index in [1.807, 2.05) is 19.9 Å². The molecule has 0 saturated heterocycles. The number of Topliss-reactive ketones (excluding diaryl/α,β-unsaturated/α-hetero) is 1. The van der Waals surface area contributed by atoms with E-state index in [9.17, 15) is 15.0 Å². The number of aromatic hydroxyl groups is 2. The maximum Gasteiger partial charge on any atom is 0.141 e. The largest absolute Gasteiger partial charge is 0.508 e. The number of ketones is 1. The van der Waals surface area contributed by atoms with Crippen LogP contribution in [0.4, 0.5) is 0 Å². The van der Waals surface area contributed by atoms with Gasteiger partial charge in [0.1, 0.15) is 17.3 Å². The van der Waals surface area contributed by atoms with Gasteiger partial charge in [-0.1, -0.05) is 35.9 Å². The van der Waals surface area contributed by atoms with Gasteiger partial charge in [0.25, 0.3) is 0 Å². The van der Waals surface area contributed by atoms with Gasteiger partial charge in [-0.3, -0.25) is 4.79 Å². The topological polar surface area (TPSA) is 57.5 Å². The number of carbonyl (C=O) groups excluding carboxylic acids is 1. The molecule has 2 N–H and O–H groups in total. The fourth-order valence-corrected chi connectivity index (χ4v) is 2.36. The average Bonchev–Trinajstić information content (AvgIpc) is 2.50. The van der Waals surface area contributed by atoms with Crippen LogP contribution in [0.15, 0.2) is 54.1 Å². The number of rotatable bonds is 6. The normalized spacial score (nSPS) is 10.3. The van der Waals surface area contributed by atoms with Gasteiger partial charge in [-0.25, -0.2) is 0 Å². The summed E-state index contributed by atoms with van der Waals surface area (Å²) in [6, 6.07) is 12.0. The van der Waals surface area contributed by atoms with Gasteiger partial charge >= 0.3 is 0 Å². The molecule has 0 radical (unpaired) electrons. The summed E-state index contributed by atoms with van der Waals surface area (Å²) in [7, 11) is 0. The molecule has 3 heteroatoms. The molecule has 0 aliphatic carbocycles. The molecule has 120 valence electrons. The maximum atomic E-state index is 12.2. The van der Waals surface area contributed by atoms with Crippen molar-refractivity contribution in [3.63, 3.8) is 0 Å². The molecule has 0 unspecified atom stereocenters. The van der Waals surface area contributed by atoms with Crippen LogP contribution in [0.3, 0.4) is 0 Å². The highest BCUT2D eigenvalue weighted by Crippen LogP contribution is 2.21. The summed E-state index contributed by atoms with van der Waals surface area (Å²) in [6.45, 7) is 4.03. The van der Waals surface area contributed by atoms with Crippen molar-refractivity contribution < 1.29 is 15.0 Å². The molecule has 2 rings (SSSR count). The number of hydrogen-bond donors (Lipinski definition) is 2. The minimum absolute atomic E-state index is 0.106. The van der Waals surface area contributed by atoms with Crippen LogP contribution >= 0.6 is 0 Å². The average molecular weight is 310 g/mol. The standard InChI is InChI=1S/C20H22O3/c1-14(2)3-7-17-11-16(6-10-20(17)23)13-19(22)12-15-4-8-18(21)9-5-15/h3-6,8-11,21,23H,7,12-13H2,1-2H3. The third kappa shape index (κ3) is 5.29. The molecule has 0 fully saturated rings. The summed E-state index contributed by atoms with van der Waals surface area (Å²) in [5, 5.41) is 19.2. The minimum atomic E-state index is 0.106. The van der Waals surface area contributed by atoms with Crippen molar-refractivity contribution in [2.75, 3.05) is 0 Å². The summed E-state index contributed by atoms with van der Waals surface area (Å²) >= 11 is 0. The number of hydrogen-bond acceptors (Lipinski definition) is 3. The first-order chi connectivity index (χ1) is 10.9. The summed E-state index contributed by atoms with van der Waals surface area (Å²) < 4.78 is 0. The molecule has 0 atom stereocenters. The molecule has 3 nitrogen and oxygen atoms in total. The Balaban J connectivity index is 2.04. The van der Waals surface area contributed by atoms with Crippen molar-refractivity contribution in [2.45, 2.75) is 33.1 Å². The van der Waals surface area contributed by atoms with Crippen LogP contribution in [0.1, 0.15) is 30.5 Å². The van der Waals surface area contributed by atoms with Crippen molar-refractivity contribution in [1.82, 2.24) is 0 Å². The Bertz CT molecular complexity index is 708. The van der Waals surface area contributed by atoms with Gasteiger partial charge in [0.2, 0.25) is 0 Å². The monoisotopic (exact) mass is 310 g/mol. The highest BCUT2D eigenvalue weighted by Gasteiger charge is 2.08. The zero-order valence-electron chi connectivity index (χ0n) is 13.5. The van der Waals surface area contributed by atoms with Crippen LogP contribution < -0.4 is 0 Å². The van der Waals surface area contributed by atoms with E-state index in [1.54, 1.807) is 36.4 Å². The van der Waals surface area contributed by atoms with Crippen molar-refractivity contribution in [1.29, 1.82) is 0 Å². The van der Waals surface area contributed by atoms with Crippen LogP contribution in [-0.4, -0.2) is 16.0 Å². The second-order valence-electron chi connectivity index (χ2n) is 6.01. The van der Waals surface area contributed by atoms with Crippen molar-refractivity contribution in [3.05, 3.63) is 70.8 Å². The van der Waals surface area contributed by atoms with Crippen LogP contribution in [0.25, 0.3) is 0 Å². The molecular formula is C20H22O3. The zero-order valence-corrected chi connectivity index (χ0v) is 13.5. The van der Waals surface area contributed by atoms with E-state index in [4.69, 9.17) is 0 Å². The van der Waals surface area contributed by atoms with Crippen LogP contribution in [0.2, 0.25) is 0 Å². The number of carbonyl (C=O) groups is 1. The molecule has 23 heavy (non-hydrogen) atoms. The molecule has 0 saturated carbocycles. The molecule has 0 aromatic heterocycles.